The number of piperidine rings is 1. The Labute approximate surface area is 158 Å². The second-order valence-electron chi connectivity index (χ2n) is 9.33. The lowest BCUT2D eigenvalue weighted by atomic mass is 9.47. The molecule has 0 amide bonds. The summed E-state index contributed by atoms with van der Waals surface area (Å²) in [6, 6.07) is -0.279. The number of aliphatic hydroxyl groups is 3. The molecule has 0 aromatic carbocycles. The number of hydrogen-bond donors (Lipinski definition) is 3. The summed E-state index contributed by atoms with van der Waals surface area (Å²) < 4.78 is 0.670. The second kappa shape index (κ2) is 5.19. The van der Waals surface area contributed by atoms with Gasteiger partial charge in [-0.1, -0.05) is 6.08 Å². The fourth-order valence-corrected chi connectivity index (χ4v) is 6.29. The molecule has 1 heterocycles. The molecule has 0 aromatic rings. The monoisotopic (exact) mass is 372 g/mol. The molecular formula is C21H26NO5+. The van der Waals surface area contributed by atoms with Crippen molar-refractivity contribution in [1.82, 2.24) is 0 Å². The fraction of sp³-hybridized carbons (Fsp3) is 0.619. The number of rotatable bonds is 2. The summed E-state index contributed by atoms with van der Waals surface area (Å²) in [6.45, 7) is 1.65. The van der Waals surface area contributed by atoms with Gasteiger partial charge < -0.3 is 19.8 Å². The molecule has 5 atom stereocenters. The van der Waals surface area contributed by atoms with Crippen molar-refractivity contribution in [3.05, 3.63) is 35.1 Å². The number of carbonyl (C=O) groups is 2. The number of aliphatic hydroxyl groups excluding tert-OH is 2. The second-order valence-corrected chi connectivity index (χ2v) is 9.33. The summed E-state index contributed by atoms with van der Waals surface area (Å²) >= 11 is 0. The number of allylic oxidation sites excluding steroid dienone is 3. The predicted octanol–water partition coefficient (Wildman–Crippen LogP) is 0.948. The number of fused-ring (bicyclic) bond motifs is 1. The lowest BCUT2D eigenvalue weighted by molar-refractivity contribution is -0.944. The Morgan fingerprint density at radius 1 is 1.22 bits per heavy atom. The van der Waals surface area contributed by atoms with E-state index in [1.165, 1.54) is 18.9 Å². The summed E-state index contributed by atoms with van der Waals surface area (Å²) in [7, 11) is 2.15. The number of likely N-dealkylation sites (N-methyl/N-ethyl adjacent to an activating group) is 1. The van der Waals surface area contributed by atoms with Crippen LogP contribution in [0, 0.1) is 11.3 Å². The van der Waals surface area contributed by atoms with Gasteiger partial charge in [0.2, 0.25) is 5.78 Å². The maximum absolute atomic E-state index is 12.5. The molecule has 4 aliphatic carbocycles. The summed E-state index contributed by atoms with van der Waals surface area (Å²) in [5.41, 5.74) is -1.74. The molecule has 27 heavy (non-hydrogen) atoms. The molecule has 0 spiro atoms. The van der Waals surface area contributed by atoms with E-state index in [9.17, 15) is 24.9 Å². The number of nitrogens with zero attached hydrogens (tertiary/aromatic N) is 1. The highest BCUT2D eigenvalue weighted by molar-refractivity contribution is 6.06. The maximum atomic E-state index is 12.5. The Bertz CT molecular complexity index is 853. The van der Waals surface area contributed by atoms with Crippen molar-refractivity contribution in [3.63, 3.8) is 0 Å². The van der Waals surface area contributed by atoms with E-state index in [2.05, 4.69) is 7.05 Å². The highest BCUT2D eigenvalue weighted by Crippen LogP contribution is 2.63. The van der Waals surface area contributed by atoms with Gasteiger partial charge in [0.05, 0.1) is 25.6 Å². The van der Waals surface area contributed by atoms with Gasteiger partial charge in [-0.2, -0.15) is 0 Å². The summed E-state index contributed by atoms with van der Waals surface area (Å²) in [5.74, 6) is -0.634. The molecule has 2 saturated carbocycles. The Morgan fingerprint density at radius 3 is 2.67 bits per heavy atom. The topological polar surface area (TPSA) is 94.8 Å². The van der Waals surface area contributed by atoms with Crippen LogP contribution in [-0.4, -0.2) is 69.3 Å². The van der Waals surface area contributed by atoms with Gasteiger partial charge in [-0.25, -0.2) is 0 Å². The van der Waals surface area contributed by atoms with E-state index in [0.29, 0.717) is 28.9 Å². The third-order valence-corrected chi connectivity index (χ3v) is 7.80. The number of hydrogen-bond acceptors (Lipinski definition) is 5. The van der Waals surface area contributed by atoms with Crippen molar-refractivity contribution >= 4 is 11.6 Å². The zero-order chi connectivity index (χ0) is 19.2. The van der Waals surface area contributed by atoms with Crippen LogP contribution < -0.4 is 0 Å². The highest BCUT2D eigenvalue weighted by atomic mass is 16.3. The molecular weight excluding hydrogens is 346 g/mol. The lowest BCUT2D eigenvalue weighted by Gasteiger charge is -2.65. The lowest BCUT2D eigenvalue weighted by Crippen LogP contribution is -2.79. The number of Topliss-reactive ketones (excluding diaryl/α,β-unsaturated/α-hetero) is 1. The van der Waals surface area contributed by atoms with Crippen LogP contribution in [0.15, 0.2) is 35.1 Å². The Hall–Kier alpha value is -1.76. The van der Waals surface area contributed by atoms with E-state index in [-0.39, 0.29) is 30.2 Å². The SMILES string of the molecule is C[N+]1(CC2CC2)CC[C@@]23C4=C(O)C(=O)C=CC4=C[C@@H]1[C@]2(O)CCC(=O)[C@@H]3O. The quantitative estimate of drug-likeness (QED) is 0.628. The zero-order valence-corrected chi connectivity index (χ0v) is 15.5. The van der Waals surface area contributed by atoms with E-state index in [0.717, 1.165) is 6.54 Å². The molecule has 6 nitrogen and oxygen atoms in total. The number of likely N-dealkylation sites (tertiary alicyclic amines) is 1. The molecule has 1 saturated heterocycles. The first kappa shape index (κ1) is 17.3. The van der Waals surface area contributed by atoms with Crippen molar-refractivity contribution in [2.75, 3.05) is 20.1 Å². The van der Waals surface area contributed by atoms with Crippen molar-refractivity contribution in [1.29, 1.82) is 0 Å². The molecule has 144 valence electrons. The zero-order valence-electron chi connectivity index (χ0n) is 15.5. The largest absolute Gasteiger partial charge is 0.504 e. The first-order chi connectivity index (χ1) is 12.7. The van der Waals surface area contributed by atoms with Crippen LogP contribution in [0.2, 0.25) is 0 Å². The van der Waals surface area contributed by atoms with Crippen LogP contribution in [-0.2, 0) is 9.59 Å². The Kier molecular flexibility index (Phi) is 3.33. The van der Waals surface area contributed by atoms with Gasteiger partial charge in [0.15, 0.2) is 11.5 Å². The minimum Gasteiger partial charge on any atom is -0.504 e. The third-order valence-electron chi connectivity index (χ3n) is 7.80. The van der Waals surface area contributed by atoms with E-state index in [1.54, 1.807) is 6.08 Å². The standard InChI is InChI=1S/C21H25NO5/c1-22(11-12-2-3-12)9-8-20-17-13(4-5-14(23)18(17)25)10-16(22)21(20,27)7-6-15(24)19(20)26/h4-5,10,12,16,19,26-27H,2-3,6-9,11H2,1H3/p+1/t16-,19+,20+,21-,22?/m1/s1. The Morgan fingerprint density at radius 2 is 1.96 bits per heavy atom. The van der Waals surface area contributed by atoms with Gasteiger partial charge >= 0.3 is 0 Å². The summed E-state index contributed by atoms with van der Waals surface area (Å²) in [5, 5.41) is 33.7. The van der Waals surface area contributed by atoms with Crippen molar-refractivity contribution in [3.8, 4) is 0 Å². The number of quaternary nitrogens is 1. The van der Waals surface area contributed by atoms with Crippen molar-refractivity contribution in [2.24, 2.45) is 11.3 Å². The molecule has 1 aliphatic heterocycles. The fourth-order valence-electron chi connectivity index (χ4n) is 6.29. The van der Waals surface area contributed by atoms with Crippen molar-refractivity contribution in [2.45, 2.75) is 49.9 Å². The molecule has 5 rings (SSSR count). The molecule has 0 radical (unpaired) electrons. The smallest absolute Gasteiger partial charge is 0.220 e. The van der Waals surface area contributed by atoms with Gasteiger partial charge in [0, 0.05) is 24.3 Å². The molecule has 3 N–H and O–H groups in total. The van der Waals surface area contributed by atoms with Crippen LogP contribution in [0.3, 0.4) is 0 Å². The van der Waals surface area contributed by atoms with E-state index in [4.69, 9.17) is 0 Å². The highest BCUT2D eigenvalue weighted by Gasteiger charge is 2.73. The minimum atomic E-state index is -1.41. The van der Waals surface area contributed by atoms with Crippen LogP contribution in [0.25, 0.3) is 0 Å². The molecule has 5 aliphatic rings. The predicted molar refractivity (Wildman–Crippen MR) is 96.6 cm³/mol. The average Bonchev–Trinajstić information content (AvgIpc) is 3.43. The summed E-state index contributed by atoms with van der Waals surface area (Å²) in [4.78, 5) is 24.7. The molecule has 1 unspecified atom stereocenters. The van der Waals surface area contributed by atoms with Gasteiger partial charge in [-0.3, -0.25) is 9.59 Å². The van der Waals surface area contributed by atoms with Crippen molar-refractivity contribution < 1.29 is 29.4 Å². The van der Waals surface area contributed by atoms with Gasteiger partial charge in [0.1, 0.15) is 17.7 Å². The first-order valence-corrected chi connectivity index (χ1v) is 9.89. The van der Waals surface area contributed by atoms with Crippen LogP contribution in [0.4, 0.5) is 0 Å². The average molecular weight is 372 g/mol. The molecule has 3 fully saturated rings. The number of ketones is 2. The van der Waals surface area contributed by atoms with Gasteiger partial charge in [0.25, 0.3) is 0 Å². The van der Waals surface area contributed by atoms with Crippen LogP contribution in [0.5, 0.6) is 0 Å². The minimum absolute atomic E-state index is 0.111. The Balaban J connectivity index is 1.77. The first-order valence-electron chi connectivity index (χ1n) is 9.89. The number of carbonyl (C=O) groups excluding carboxylic acids is 2. The van der Waals surface area contributed by atoms with E-state index < -0.39 is 28.7 Å². The van der Waals surface area contributed by atoms with Crippen LogP contribution >= 0.6 is 0 Å². The normalized spacial score (nSPS) is 46.1. The van der Waals surface area contributed by atoms with Gasteiger partial charge in [-0.05, 0) is 37.0 Å². The third kappa shape index (κ3) is 2.01. The molecule has 2 bridgehead atoms. The van der Waals surface area contributed by atoms with Gasteiger partial charge in [-0.15, -0.1) is 0 Å². The van der Waals surface area contributed by atoms with E-state index in [1.807, 2.05) is 6.08 Å². The maximum Gasteiger partial charge on any atom is 0.220 e. The van der Waals surface area contributed by atoms with E-state index >= 15 is 0 Å². The van der Waals surface area contributed by atoms with Crippen LogP contribution in [0.1, 0.15) is 32.1 Å². The molecule has 6 heteroatoms. The molecule has 0 aromatic heterocycles. The summed E-state index contributed by atoms with van der Waals surface area (Å²) in [6.07, 6.45) is 6.68.